The molecule has 0 saturated carbocycles. The predicted octanol–water partition coefficient (Wildman–Crippen LogP) is -1.91. The second-order valence-corrected chi connectivity index (χ2v) is 7.46. The molecule has 0 aromatic heterocycles. The number of aliphatic hydroxyl groups excluding tert-OH is 1. The fourth-order valence-electron chi connectivity index (χ4n) is 3.51. The molecule has 4 N–H and O–H groups in total. The van der Waals surface area contributed by atoms with Gasteiger partial charge in [0.25, 0.3) is 11.8 Å². The van der Waals surface area contributed by atoms with E-state index in [1.165, 1.54) is 23.1 Å². The van der Waals surface area contributed by atoms with Gasteiger partial charge in [-0.05, 0) is 47.2 Å². The van der Waals surface area contributed by atoms with Crippen LogP contribution in [0.1, 0.15) is 38.8 Å². The Balaban J connectivity index is 1.69. The normalized spacial score (nSPS) is 13.3. The molecular formula is C21H23B2N2O7. The van der Waals surface area contributed by atoms with Gasteiger partial charge in [-0.25, -0.2) is 0 Å². The molecule has 1 unspecified atom stereocenters. The van der Waals surface area contributed by atoms with E-state index in [4.69, 9.17) is 4.65 Å². The highest BCUT2D eigenvalue weighted by Gasteiger charge is 2.29. The third-order valence-corrected chi connectivity index (χ3v) is 5.40. The molecule has 32 heavy (non-hydrogen) atoms. The molecule has 1 heterocycles. The smallest absolute Gasteiger partial charge is 0.450 e. The number of carbonyl (C=O) groups excluding carboxylic acids is 3. The predicted molar refractivity (Wildman–Crippen MR) is 118 cm³/mol. The number of carbonyl (C=O) groups is 3. The fourth-order valence-corrected chi connectivity index (χ4v) is 3.51. The van der Waals surface area contributed by atoms with Crippen molar-refractivity contribution in [3.8, 4) is 0 Å². The largest absolute Gasteiger partial charge is 0.491 e. The van der Waals surface area contributed by atoms with Crippen molar-refractivity contribution in [1.82, 2.24) is 10.2 Å². The first kappa shape index (κ1) is 23.7. The number of nitrogens with zero attached hydrogens (tertiary/aromatic N) is 1. The molecule has 1 aliphatic heterocycles. The minimum Gasteiger partial charge on any atom is -0.450 e. The Kier molecular flexibility index (Phi) is 7.81. The maximum absolute atomic E-state index is 13.0. The zero-order chi connectivity index (χ0) is 23.3. The summed E-state index contributed by atoms with van der Waals surface area (Å²) in [6, 6.07) is 8.86. The molecule has 0 saturated heterocycles. The van der Waals surface area contributed by atoms with E-state index in [-0.39, 0.29) is 31.9 Å². The Morgan fingerprint density at radius 2 is 2.03 bits per heavy atom. The number of fused-ring (bicyclic) bond motifs is 1. The van der Waals surface area contributed by atoms with Crippen LogP contribution in [0.4, 0.5) is 0 Å². The van der Waals surface area contributed by atoms with E-state index in [2.05, 4.69) is 5.32 Å². The van der Waals surface area contributed by atoms with E-state index in [0.29, 0.717) is 28.3 Å². The van der Waals surface area contributed by atoms with Crippen molar-refractivity contribution in [2.75, 3.05) is 13.1 Å². The molecule has 9 nitrogen and oxygen atoms in total. The molecule has 2 aromatic carbocycles. The number of nitrogens with one attached hydrogen (secondary N) is 1. The number of benzene rings is 2. The van der Waals surface area contributed by atoms with Crippen LogP contribution in [-0.2, 0) is 22.7 Å². The van der Waals surface area contributed by atoms with E-state index in [1.807, 2.05) is 0 Å². The number of hydrogen-bond donors (Lipinski definition) is 4. The van der Waals surface area contributed by atoms with Gasteiger partial charge in [0, 0.05) is 23.7 Å². The van der Waals surface area contributed by atoms with Crippen LogP contribution < -0.4 is 16.2 Å². The summed E-state index contributed by atoms with van der Waals surface area (Å²) >= 11 is 0. The summed E-state index contributed by atoms with van der Waals surface area (Å²) in [6.07, 6.45) is 0.610. The highest BCUT2D eigenvalue weighted by atomic mass is 16.5. The number of amides is 2. The van der Waals surface area contributed by atoms with Crippen molar-refractivity contribution in [2.24, 2.45) is 0 Å². The summed E-state index contributed by atoms with van der Waals surface area (Å²) in [5.74, 6) is -0.842. The Morgan fingerprint density at radius 1 is 1.28 bits per heavy atom. The van der Waals surface area contributed by atoms with Crippen LogP contribution in [0.3, 0.4) is 0 Å². The van der Waals surface area contributed by atoms with Gasteiger partial charge in [-0.15, -0.1) is 0 Å². The average molecular weight is 437 g/mol. The van der Waals surface area contributed by atoms with Gasteiger partial charge in [0.05, 0.1) is 19.8 Å². The Hall–Kier alpha value is -2.98. The molecule has 0 fully saturated rings. The van der Waals surface area contributed by atoms with Gasteiger partial charge >= 0.3 is 14.6 Å². The quantitative estimate of drug-likeness (QED) is 0.266. The molecule has 165 valence electrons. The second kappa shape index (κ2) is 10.6. The summed E-state index contributed by atoms with van der Waals surface area (Å²) in [5, 5.41) is 31.1. The van der Waals surface area contributed by atoms with Crippen molar-refractivity contribution in [3.63, 3.8) is 0 Å². The zero-order valence-electron chi connectivity index (χ0n) is 17.5. The first-order chi connectivity index (χ1) is 15.4. The van der Waals surface area contributed by atoms with Gasteiger partial charge < -0.3 is 34.8 Å². The van der Waals surface area contributed by atoms with E-state index in [9.17, 15) is 29.5 Å². The van der Waals surface area contributed by atoms with Crippen molar-refractivity contribution < 1.29 is 34.2 Å². The SMILES string of the molecule is CC(CNC(=O)c1ccc(CO)c([B]O)c1)N(CC=O)C(=O)c1ccc2c(c1)B(O)OC2. The monoisotopic (exact) mass is 437 g/mol. The average Bonchev–Trinajstić information content (AvgIpc) is 3.19. The molecule has 0 bridgehead atoms. The second-order valence-electron chi connectivity index (χ2n) is 7.46. The van der Waals surface area contributed by atoms with E-state index >= 15 is 0 Å². The Labute approximate surface area is 186 Å². The lowest BCUT2D eigenvalue weighted by molar-refractivity contribution is -0.108. The summed E-state index contributed by atoms with van der Waals surface area (Å²) in [6.45, 7) is 1.60. The molecule has 1 radical (unpaired) electrons. The van der Waals surface area contributed by atoms with Gasteiger partial charge in [0.1, 0.15) is 6.29 Å². The van der Waals surface area contributed by atoms with Crippen molar-refractivity contribution in [1.29, 1.82) is 0 Å². The zero-order valence-corrected chi connectivity index (χ0v) is 17.5. The molecule has 11 heteroatoms. The Bertz CT molecular complexity index is 1020. The number of hydrogen-bond acceptors (Lipinski definition) is 7. The summed E-state index contributed by atoms with van der Waals surface area (Å²) < 4.78 is 5.15. The maximum atomic E-state index is 13.0. The molecule has 1 aliphatic rings. The van der Waals surface area contributed by atoms with E-state index < -0.39 is 25.0 Å². The summed E-state index contributed by atoms with van der Waals surface area (Å²) in [5.41, 5.74) is 2.69. The van der Waals surface area contributed by atoms with Crippen LogP contribution in [0.2, 0.25) is 0 Å². The van der Waals surface area contributed by atoms with Crippen molar-refractivity contribution >= 4 is 43.6 Å². The van der Waals surface area contributed by atoms with Gasteiger partial charge in [0.15, 0.2) is 0 Å². The molecular weight excluding hydrogens is 414 g/mol. The van der Waals surface area contributed by atoms with Gasteiger partial charge in [-0.2, -0.15) is 0 Å². The van der Waals surface area contributed by atoms with Crippen LogP contribution in [0, 0.1) is 0 Å². The highest BCUT2D eigenvalue weighted by molar-refractivity contribution is 6.61. The third-order valence-electron chi connectivity index (χ3n) is 5.40. The minimum absolute atomic E-state index is 0.0784. The van der Waals surface area contributed by atoms with Crippen LogP contribution in [-0.4, -0.2) is 71.9 Å². The van der Waals surface area contributed by atoms with Crippen LogP contribution in [0.5, 0.6) is 0 Å². The van der Waals surface area contributed by atoms with Crippen LogP contribution in [0.15, 0.2) is 36.4 Å². The van der Waals surface area contributed by atoms with Crippen molar-refractivity contribution in [3.05, 3.63) is 58.7 Å². The molecule has 3 rings (SSSR count). The van der Waals surface area contributed by atoms with E-state index in [1.54, 1.807) is 25.1 Å². The van der Waals surface area contributed by atoms with Crippen LogP contribution in [0.25, 0.3) is 0 Å². The molecule has 2 aromatic rings. The lowest BCUT2D eigenvalue weighted by atomic mass is 9.78. The summed E-state index contributed by atoms with van der Waals surface area (Å²) in [7, 11) is -0.277. The third kappa shape index (κ3) is 5.08. The molecule has 2 amide bonds. The van der Waals surface area contributed by atoms with Crippen molar-refractivity contribution in [2.45, 2.75) is 26.2 Å². The fraction of sp³-hybridized carbons (Fsp3) is 0.286. The van der Waals surface area contributed by atoms with Gasteiger partial charge in [0.2, 0.25) is 0 Å². The maximum Gasteiger partial charge on any atom is 0.491 e. The number of aldehydes is 1. The topological polar surface area (TPSA) is 136 Å². The lowest BCUT2D eigenvalue weighted by Crippen LogP contribution is -2.46. The molecule has 0 spiro atoms. The molecule has 0 aliphatic carbocycles. The minimum atomic E-state index is -1.09. The summed E-state index contributed by atoms with van der Waals surface area (Å²) in [4.78, 5) is 38.1. The first-order valence-corrected chi connectivity index (χ1v) is 10.1. The highest BCUT2D eigenvalue weighted by Crippen LogP contribution is 2.14. The van der Waals surface area contributed by atoms with Crippen LogP contribution >= 0.6 is 0 Å². The Morgan fingerprint density at radius 3 is 2.72 bits per heavy atom. The first-order valence-electron chi connectivity index (χ1n) is 10.1. The molecule has 1 atom stereocenters. The number of aliphatic hydroxyl groups is 1. The van der Waals surface area contributed by atoms with E-state index in [0.717, 1.165) is 13.0 Å². The number of rotatable bonds is 9. The standard InChI is InChI=1S/C21H23B2N2O7/c1-13(10-24-20(28)14-2-4-16(11-27)18(8-14)22-30)25(6-7-26)21(29)15-3-5-17-12-32-23(31)19(17)9-15/h2-5,7-9,13,27,30-31H,6,10-12H2,1H3,(H,24,28). The lowest BCUT2D eigenvalue weighted by Gasteiger charge is -2.28. The van der Waals surface area contributed by atoms with Gasteiger partial charge in [-0.3, -0.25) is 9.59 Å². The van der Waals surface area contributed by atoms with Gasteiger partial charge in [-0.1, -0.05) is 18.2 Å².